The standard InChI is InChI=1S/C19H23N3O4/c1-20-18(25)19-6-7-26-11-14(19)9-21(12-19)17(24)10-22-15-5-3-2-4-13(15)8-16(22)23/h2-5,14H,6-12H2,1H3,(H,20,25)/t14-,19+/m1/s1. The van der Waals surface area contributed by atoms with Gasteiger partial charge in [0.1, 0.15) is 6.54 Å². The number of likely N-dealkylation sites (tertiary alicyclic amines) is 1. The van der Waals surface area contributed by atoms with E-state index < -0.39 is 5.41 Å². The van der Waals surface area contributed by atoms with Crippen LogP contribution >= 0.6 is 0 Å². The van der Waals surface area contributed by atoms with Crippen molar-refractivity contribution in [3.05, 3.63) is 29.8 Å². The molecule has 0 saturated carbocycles. The largest absolute Gasteiger partial charge is 0.381 e. The molecular formula is C19H23N3O4. The Kier molecular flexibility index (Phi) is 4.19. The zero-order valence-electron chi connectivity index (χ0n) is 14.9. The van der Waals surface area contributed by atoms with Gasteiger partial charge in [0.25, 0.3) is 0 Å². The lowest BCUT2D eigenvalue weighted by atomic mass is 9.73. The molecule has 1 aromatic carbocycles. The van der Waals surface area contributed by atoms with Crippen LogP contribution in [0.15, 0.2) is 24.3 Å². The highest BCUT2D eigenvalue weighted by Gasteiger charge is 2.54. The molecule has 3 aliphatic heterocycles. The molecule has 1 aromatic rings. The predicted molar refractivity (Wildman–Crippen MR) is 94.5 cm³/mol. The molecule has 0 aliphatic carbocycles. The first kappa shape index (κ1) is 17.0. The van der Waals surface area contributed by atoms with Gasteiger partial charge in [-0.2, -0.15) is 0 Å². The van der Waals surface area contributed by atoms with Gasteiger partial charge in [-0.1, -0.05) is 18.2 Å². The first-order valence-corrected chi connectivity index (χ1v) is 9.01. The van der Waals surface area contributed by atoms with Crippen LogP contribution < -0.4 is 10.2 Å². The van der Waals surface area contributed by atoms with Crippen molar-refractivity contribution in [2.24, 2.45) is 11.3 Å². The summed E-state index contributed by atoms with van der Waals surface area (Å²) in [6, 6.07) is 7.56. The highest BCUT2D eigenvalue weighted by atomic mass is 16.5. The van der Waals surface area contributed by atoms with Crippen molar-refractivity contribution in [2.45, 2.75) is 12.8 Å². The summed E-state index contributed by atoms with van der Waals surface area (Å²) in [7, 11) is 1.63. The Hall–Kier alpha value is -2.41. The third-order valence-corrected chi connectivity index (χ3v) is 5.96. The summed E-state index contributed by atoms with van der Waals surface area (Å²) in [6.07, 6.45) is 0.953. The fourth-order valence-electron chi connectivity index (χ4n) is 4.48. The number of para-hydroxylation sites is 1. The Labute approximate surface area is 152 Å². The normalized spacial score (nSPS) is 27.3. The molecule has 0 unspecified atom stereocenters. The van der Waals surface area contributed by atoms with E-state index >= 15 is 0 Å². The number of hydrogen-bond donors (Lipinski definition) is 1. The highest BCUT2D eigenvalue weighted by Crippen LogP contribution is 2.42. The van der Waals surface area contributed by atoms with Crippen LogP contribution in [0.1, 0.15) is 12.0 Å². The summed E-state index contributed by atoms with van der Waals surface area (Å²) >= 11 is 0. The zero-order valence-corrected chi connectivity index (χ0v) is 14.9. The number of carbonyl (C=O) groups is 3. The van der Waals surface area contributed by atoms with E-state index in [1.165, 1.54) is 0 Å². The van der Waals surface area contributed by atoms with Gasteiger partial charge in [-0.25, -0.2) is 0 Å². The molecule has 3 amide bonds. The maximum Gasteiger partial charge on any atom is 0.242 e. The van der Waals surface area contributed by atoms with Crippen molar-refractivity contribution >= 4 is 23.4 Å². The number of hydrogen-bond acceptors (Lipinski definition) is 4. The van der Waals surface area contributed by atoms with Gasteiger partial charge in [0.2, 0.25) is 17.7 Å². The number of anilines is 1. The van der Waals surface area contributed by atoms with Crippen molar-refractivity contribution in [1.29, 1.82) is 0 Å². The zero-order chi connectivity index (χ0) is 18.3. The van der Waals surface area contributed by atoms with Gasteiger partial charge >= 0.3 is 0 Å². The van der Waals surface area contributed by atoms with Crippen molar-refractivity contribution in [1.82, 2.24) is 10.2 Å². The number of rotatable bonds is 3. The number of nitrogens with one attached hydrogen (secondary N) is 1. The lowest BCUT2D eigenvalue weighted by Crippen LogP contribution is -2.50. The average molecular weight is 357 g/mol. The van der Waals surface area contributed by atoms with Gasteiger partial charge in [0, 0.05) is 38.3 Å². The Morgan fingerprint density at radius 3 is 2.96 bits per heavy atom. The van der Waals surface area contributed by atoms with Crippen LogP contribution in [-0.4, -0.2) is 62.5 Å². The summed E-state index contributed by atoms with van der Waals surface area (Å²) < 4.78 is 5.55. The number of fused-ring (bicyclic) bond motifs is 2. The Balaban J connectivity index is 1.51. The van der Waals surface area contributed by atoms with Crippen molar-refractivity contribution in [2.75, 3.05) is 44.8 Å². The predicted octanol–water partition coefficient (Wildman–Crippen LogP) is 0.187. The number of ether oxygens (including phenoxy) is 1. The first-order chi connectivity index (χ1) is 12.5. The second-order valence-electron chi connectivity index (χ2n) is 7.32. The Bertz CT molecular complexity index is 765. The molecule has 3 aliphatic rings. The van der Waals surface area contributed by atoms with Crippen molar-refractivity contribution in [3.63, 3.8) is 0 Å². The third-order valence-electron chi connectivity index (χ3n) is 5.96. The van der Waals surface area contributed by atoms with Crippen LogP contribution in [0.25, 0.3) is 0 Å². The fraction of sp³-hybridized carbons (Fsp3) is 0.526. The van der Waals surface area contributed by atoms with E-state index in [0.717, 1.165) is 11.3 Å². The number of nitrogens with zero attached hydrogens (tertiary/aromatic N) is 2. The van der Waals surface area contributed by atoms with Gasteiger partial charge in [0.05, 0.1) is 18.4 Å². The van der Waals surface area contributed by atoms with Crippen LogP contribution in [0.4, 0.5) is 5.69 Å². The van der Waals surface area contributed by atoms with Crippen LogP contribution in [-0.2, 0) is 25.5 Å². The smallest absolute Gasteiger partial charge is 0.242 e. The molecule has 7 heteroatoms. The van der Waals surface area contributed by atoms with Gasteiger partial charge in [0.15, 0.2) is 0 Å². The molecule has 0 spiro atoms. The minimum atomic E-state index is -0.574. The quantitative estimate of drug-likeness (QED) is 0.837. The van der Waals surface area contributed by atoms with E-state index in [4.69, 9.17) is 4.74 Å². The Morgan fingerprint density at radius 1 is 1.35 bits per heavy atom. The molecule has 0 radical (unpaired) electrons. The summed E-state index contributed by atoms with van der Waals surface area (Å²) in [5, 5.41) is 2.75. The summed E-state index contributed by atoms with van der Waals surface area (Å²) in [5.74, 6) is -0.196. The third kappa shape index (κ3) is 2.58. The average Bonchev–Trinajstić information content (AvgIpc) is 3.20. The monoisotopic (exact) mass is 357 g/mol. The molecule has 4 rings (SSSR count). The molecule has 138 valence electrons. The highest BCUT2D eigenvalue weighted by molar-refractivity contribution is 6.05. The maximum atomic E-state index is 12.9. The minimum Gasteiger partial charge on any atom is -0.381 e. The molecular weight excluding hydrogens is 334 g/mol. The molecule has 0 bridgehead atoms. The number of amides is 3. The second-order valence-corrected chi connectivity index (χ2v) is 7.32. The van der Waals surface area contributed by atoms with Crippen molar-refractivity contribution in [3.8, 4) is 0 Å². The van der Waals surface area contributed by atoms with E-state index in [0.29, 0.717) is 39.1 Å². The molecule has 2 atom stereocenters. The van der Waals surface area contributed by atoms with E-state index in [2.05, 4.69) is 5.32 Å². The summed E-state index contributed by atoms with van der Waals surface area (Å²) in [4.78, 5) is 41.0. The topological polar surface area (TPSA) is 79.0 Å². The minimum absolute atomic E-state index is 0.00159. The molecule has 2 fully saturated rings. The lowest BCUT2D eigenvalue weighted by Gasteiger charge is -2.36. The van der Waals surface area contributed by atoms with Gasteiger partial charge in [-0.05, 0) is 18.1 Å². The van der Waals surface area contributed by atoms with E-state index in [1.807, 2.05) is 24.3 Å². The molecule has 1 N–H and O–H groups in total. The molecule has 26 heavy (non-hydrogen) atoms. The molecule has 7 nitrogen and oxygen atoms in total. The maximum absolute atomic E-state index is 12.9. The molecule has 3 heterocycles. The number of carbonyl (C=O) groups excluding carboxylic acids is 3. The van der Waals surface area contributed by atoms with E-state index in [9.17, 15) is 14.4 Å². The molecule has 0 aromatic heterocycles. The molecule has 2 saturated heterocycles. The number of benzene rings is 1. The van der Waals surface area contributed by atoms with Crippen LogP contribution in [0.2, 0.25) is 0 Å². The second kappa shape index (κ2) is 6.39. The SMILES string of the molecule is CNC(=O)[C@]12CCOC[C@H]1CN(C(=O)CN1C(=O)Cc3ccccc31)C2. The van der Waals surface area contributed by atoms with Gasteiger partial charge < -0.3 is 19.9 Å². The van der Waals surface area contributed by atoms with Crippen LogP contribution in [0.3, 0.4) is 0 Å². The van der Waals surface area contributed by atoms with Crippen LogP contribution in [0, 0.1) is 11.3 Å². The lowest BCUT2D eigenvalue weighted by molar-refractivity contribution is -0.139. The summed E-state index contributed by atoms with van der Waals surface area (Å²) in [5.41, 5.74) is 1.19. The van der Waals surface area contributed by atoms with Crippen LogP contribution in [0.5, 0.6) is 0 Å². The van der Waals surface area contributed by atoms with Crippen molar-refractivity contribution < 1.29 is 19.1 Å². The van der Waals surface area contributed by atoms with Gasteiger partial charge in [-0.15, -0.1) is 0 Å². The Morgan fingerprint density at radius 2 is 2.15 bits per heavy atom. The van der Waals surface area contributed by atoms with Gasteiger partial charge in [-0.3, -0.25) is 14.4 Å². The summed E-state index contributed by atoms with van der Waals surface area (Å²) in [6.45, 7) is 1.93. The van der Waals surface area contributed by atoms with E-state index in [1.54, 1.807) is 16.8 Å². The fourth-order valence-corrected chi connectivity index (χ4v) is 4.48. The van der Waals surface area contributed by atoms with E-state index in [-0.39, 0.29) is 30.2 Å². The first-order valence-electron chi connectivity index (χ1n) is 9.01.